The lowest BCUT2D eigenvalue weighted by atomic mass is 10.1. The molecule has 0 radical (unpaired) electrons. The molecule has 3 saturated heterocycles. The average molecular weight is 1910 g/mol. The zero-order chi connectivity index (χ0) is 100. The highest BCUT2D eigenvalue weighted by atomic mass is 15.5. The minimum Gasteiger partial charge on any atom is -0.369 e. The van der Waals surface area contributed by atoms with Crippen molar-refractivity contribution in [2.45, 2.75) is 156 Å². The van der Waals surface area contributed by atoms with Crippen LogP contribution in [-0.2, 0) is 38.8 Å². The van der Waals surface area contributed by atoms with E-state index in [2.05, 4.69) is 250 Å². The number of nitrogens with one attached hydrogen (secondary N) is 16. The highest BCUT2D eigenvalue weighted by Crippen LogP contribution is 2.14. The van der Waals surface area contributed by atoms with Crippen LogP contribution in [0.5, 0.6) is 0 Å². The monoisotopic (exact) mass is 1910 g/mol. The van der Waals surface area contributed by atoms with E-state index >= 15 is 0 Å². The minimum atomic E-state index is -0.137. The second-order valence-electron chi connectivity index (χ2n) is 32.6. The van der Waals surface area contributed by atoms with E-state index in [0.717, 1.165) is 136 Å². The van der Waals surface area contributed by atoms with E-state index in [-0.39, 0.29) is 49.3 Å². The molecular weight excluding hydrogens is 1760 g/mol. The second kappa shape index (κ2) is 58.9. The van der Waals surface area contributed by atoms with Gasteiger partial charge in [-0.05, 0) is 152 Å². The molecule has 744 valence electrons. The summed E-state index contributed by atoms with van der Waals surface area (Å²) in [7, 11) is 14.4. The smallest absolute Gasteiger partial charge is 0.207 e. The molecule has 8 aliphatic rings. The molecule has 8 heterocycles. The van der Waals surface area contributed by atoms with Crippen LogP contribution in [0.3, 0.4) is 0 Å². The Morgan fingerprint density at radius 3 is 0.943 bits per heavy atom. The number of anilines is 2. The first-order valence-electron chi connectivity index (χ1n) is 47.0. The van der Waals surface area contributed by atoms with Gasteiger partial charge in [0.1, 0.15) is 30.8 Å². The fourth-order valence-corrected chi connectivity index (χ4v) is 13.6. The molecule has 3 fully saturated rings. The van der Waals surface area contributed by atoms with Crippen molar-refractivity contribution in [2.75, 3.05) is 93.2 Å². The number of benzene rings is 8. The van der Waals surface area contributed by atoms with E-state index in [4.69, 9.17) is 22.9 Å². The van der Waals surface area contributed by atoms with Crippen LogP contribution in [0, 0.1) is 0 Å². The van der Waals surface area contributed by atoms with Crippen LogP contribution in [0.15, 0.2) is 323 Å². The van der Waals surface area contributed by atoms with Crippen molar-refractivity contribution in [3.63, 3.8) is 0 Å². The van der Waals surface area contributed by atoms with Crippen molar-refractivity contribution in [3.05, 3.63) is 276 Å². The topological polar surface area (TPSA) is 507 Å². The maximum absolute atomic E-state index is 5.81. The van der Waals surface area contributed by atoms with Crippen molar-refractivity contribution in [1.82, 2.24) is 94.0 Å². The molecule has 8 aromatic rings. The number of aliphatic imine (C=N–C) groups is 16. The molecule has 0 aromatic heterocycles. The summed E-state index contributed by atoms with van der Waals surface area (Å²) in [6.07, 6.45) is 6.26. The Kier molecular flexibility index (Phi) is 45.1. The summed E-state index contributed by atoms with van der Waals surface area (Å²) in [6.45, 7) is 20.1. The van der Waals surface area contributed by atoms with Gasteiger partial charge < -0.3 is 86.7 Å². The van der Waals surface area contributed by atoms with Gasteiger partial charge in [-0.3, -0.25) is 80.8 Å². The first-order valence-corrected chi connectivity index (χ1v) is 47.0. The van der Waals surface area contributed by atoms with Gasteiger partial charge in [0, 0.05) is 93.9 Å². The molecule has 40 nitrogen and oxygen atoms in total. The van der Waals surface area contributed by atoms with E-state index in [1.807, 2.05) is 241 Å². The Balaban J connectivity index is 0.000000179. The SMILES string of the molecule is CC1N=C(N)N(C)C(=NCCCc2ccccc2)N1.CC1N=C(N)N(C)C(=NCCc2ccccc2)N1.CC1N=C(N)N(C)C(=NCc2ccccc2)N1.CC1N=C(N)N(C)C(Nc2ccccc2)=N1.CN=C1NC(=NCCCc2ccccc2)NC(C)N1.CN=C1NC(=NCCc2ccccc2)NC(C)N1.CN=C1NC(=NCc2ccccc2)NC(C)N1.CN=C1NC(Nc2ccccc2)=NC(C)N1. The van der Waals surface area contributed by atoms with Crippen LogP contribution >= 0.6 is 0 Å². The van der Waals surface area contributed by atoms with Gasteiger partial charge in [-0.2, -0.15) is 0 Å². The Morgan fingerprint density at radius 2 is 0.557 bits per heavy atom. The molecule has 8 aromatic carbocycles. The molecule has 8 aliphatic heterocycles. The van der Waals surface area contributed by atoms with Crippen molar-refractivity contribution >= 4 is 107 Å². The predicted molar refractivity (Wildman–Crippen MR) is 580 cm³/mol. The lowest BCUT2D eigenvalue weighted by Gasteiger charge is -2.28. The van der Waals surface area contributed by atoms with Gasteiger partial charge in [0.05, 0.1) is 31.6 Å². The number of guanidine groups is 16. The third-order valence-corrected chi connectivity index (χ3v) is 21.0. The molecule has 40 heteroatoms. The fourth-order valence-electron chi connectivity index (χ4n) is 13.6. The quantitative estimate of drug-likeness (QED) is 0.0336. The van der Waals surface area contributed by atoms with Gasteiger partial charge in [-0.1, -0.05) is 218 Å². The van der Waals surface area contributed by atoms with Crippen molar-refractivity contribution in [1.29, 1.82) is 0 Å². The van der Waals surface area contributed by atoms with Crippen LogP contribution in [0.25, 0.3) is 0 Å². The number of rotatable bonds is 20. The third-order valence-electron chi connectivity index (χ3n) is 21.0. The Bertz CT molecular complexity index is 5550. The van der Waals surface area contributed by atoms with Gasteiger partial charge in [0.25, 0.3) is 0 Å². The highest BCUT2D eigenvalue weighted by molar-refractivity contribution is 6.08. The summed E-state index contributed by atoms with van der Waals surface area (Å²) in [4.78, 5) is 76.0. The maximum Gasteiger partial charge on any atom is 0.207 e. The molecular formula is C100H144N40. The van der Waals surface area contributed by atoms with E-state index in [0.29, 0.717) is 48.8 Å². The van der Waals surface area contributed by atoms with E-state index in [1.165, 1.54) is 33.4 Å². The van der Waals surface area contributed by atoms with Crippen LogP contribution in [0.1, 0.15) is 102 Å². The number of nitrogens with two attached hydrogens (primary N) is 4. The standard InChI is InChI=1S/2C14H21N5.2C13H19N5.2C12H17N5.2C11H15N5/c1-11-17-13(15)19(2)14(18-11)16-10-6-9-12-7-4-3-5-8-12;1-11-17-13(15-2)19-14(18-11)16-10-6-9-12-7-4-3-5-8-12;1-10-16-12(14)18(2)13(17-10)15-9-8-11-6-4-3-5-7-11;1-10-16-12(14-2)18-13(17-10)15-9-8-11-6-4-3-5-7-11;1-9-15-11(13)17(2)12(16-9)14-8-10-6-4-3-5-7-10;1-9-15-11(13-2)17-12(16-9)14-8-10-6-4-3-5-7-10;1-8-13-10(12)16(2)11(14-8)15-9-6-4-3-5-7-9;1-8-13-10(12-2)16-11(14-8)15-9-6-4-3-5-7-9/h3-5,7-8,11H,6,9-10H2,1-2H3,(H2,15,17)(H,16,18);3-5,7-8,11H,6,9-10H2,1-2H3,(H3,15,16,17,18,19);3-7,10H,8-9H2,1-2H3,(H2,14,16)(H,15,17);3-7,10H,8-9H2,1-2H3,(H3,14,15,16,17,18);3-7,9H,8H2,1-2H3,(H2,13,15)(H,14,16);3-7,9H,8H2,1-2H3,(H3,13,14,15,16,17);3-8H,1-2H3,(H2,12,13)(H,14,15);3-8H,1-2H3,(H3,12,13,14,15,16). The van der Waals surface area contributed by atoms with E-state index < -0.39 is 0 Å². The normalized spacial score (nSPS) is 22.2. The van der Waals surface area contributed by atoms with Gasteiger partial charge in [0.2, 0.25) is 29.8 Å². The molecule has 0 saturated carbocycles. The lowest BCUT2D eigenvalue weighted by Crippen LogP contribution is -2.61. The summed E-state index contributed by atoms with van der Waals surface area (Å²) in [5.41, 5.74) is 32.8. The van der Waals surface area contributed by atoms with Crippen molar-refractivity contribution in [2.24, 2.45) is 103 Å². The van der Waals surface area contributed by atoms with Gasteiger partial charge in [-0.15, -0.1) is 0 Å². The van der Waals surface area contributed by atoms with Crippen LogP contribution in [0.2, 0.25) is 0 Å². The zero-order valence-electron chi connectivity index (χ0n) is 83.5. The van der Waals surface area contributed by atoms with Crippen LogP contribution in [0.4, 0.5) is 11.4 Å². The molecule has 0 bridgehead atoms. The average Bonchev–Trinajstić information content (AvgIpc) is 0.852. The van der Waals surface area contributed by atoms with Crippen molar-refractivity contribution < 1.29 is 0 Å². The maximum atomic E-state index is 5.81. The first kappa shape index (κ1) is 107. The molecule has 140 heavy (non-hydrogen) atoms. The summed E-state index contributed by atoms with van der Waals surface area (Å²) >= 11 is 0. The van der Waals surface area contributed by atoms with E-state index in [9.17, 15) is 0 Å². The summed E-state index contributed by atoms with van der Waals surface area (Å²) < 4.78 is 0. The second-order valence-corrected chi connectivity index (χ2v) is 32.6. The number of hydrogen-bond donors (Lipinski definition) is 20. The largest absolute Gasteiger partial charge is 0.369 e. The molecule has 0 spiro atoms. The van der Waals surface area contributed by atoms with E-state index in [1.54, 1.807) is 47.8 Å². The number of hydrogen-bond acceptors (Lipinski definition) is 23. The van der Waals surface area contributed by atoms with Crippen LogP contribution in [-0.4, -0.2) is 247 Å². The summed E-state index contributed by atoms with van der Waals surface area (Å²) in [5.74, 6) is 11.0. The Labute approximate surface area is 824 Å². The lowest BCUT2D eigenvalue weighted by molar-refractivity contribution is 0.565. The number of aryl methyl sites for hydroxylation is 2. The minimum absolute atomic E-state index is 0.0101. The first-order chi connectivity index (χ1) is 67.8. The highest BCUT2D eigenvalue weighted by Gasteiger charge is 2.24. The van der Waals surface area contributed by atoms with Gasteiger partial charge >= 0.3 is 0 Å². The van der Waals surface area contributed by atoms with Crippen LogP contribution < -0.4 is 108 Å². The number of para-hydroxylation sites is 2. The van der Waals surface area contributed by atoms with Gasteiger partial charge in [-0.25, -0.2) is 39.9 Å². The molecule has 0 amide bonds. The Morgan fingerprint density at radius 1 is 0.271 bits per heavy atom. The predicted octanol–water partition coefficient (Wildman–Crippen LogP) is 7.18. The summed E-state index contributed by atoms with van der Waals surface area (Å²) in [6, 6.07) is 81.6. The number of nitrogens with zero attached hydrogens (tertiary/aromatic N) is 20. The summed E-state index contributed by atoms with van der Waals surface area (Å²) in [5, 5.41) is 50.5. The molecule has 8 atom stereocenters. The molecule has 16 rings (SSSR count). The zero-order valence-corrected chi connectivity index (χ0v) is 83.5. The van der Waals surface area contributed by atoms with Gasteiger partial charge in [0.15, 0.2) is 65.6 Å². The third kappa shape index (κ3) is 39.5. The molecule has 8 unspecified atom stereocenters. The molecule has 0 aliphatic carbocycles. The van der Waals surface area contributed by atoms with Crippen molar-refractivity contribution in [3.8, 4) is 0 Å². The Hall–Kier alpha value is -16.3. The molecule has 24 N–H and O–H groups in total. The fraction of sp³-hybridized carbons (Fsp3) is 0.360.